The second-order valence-corrected chi connectivity index (χ2v) is 3.95. The third-order valence-corrected chi connectivity index (χ3v) is 2.50. The van der Waals surface area contributed by atoms with E-state index < -0.39 is 4.92 Å². The van der Waals surface area contributed by atoms with Gasteiger partial charge < -0.3 is 9.73 Å². The molecule has 0 unspecified atom stereocenters. The molecule has 0 aliphatic heterocycles. The van der Waals surface area contributed by atoms with Crippen LogP contribution in [0, 0.1) is 10.1 Å². The van der Waals surface area contributed by atoms with Crippen molar-refractivity contribution in [3.8, 4) is 11.5 Å². The van der Waals surface area contributed by atoms with E-state index in [1.807, 2.05) is 0 Å². The molecule has 1 aromatic heterocycles. The number of para-hydroxylation sites is 1. The van der Waals surface area contributed by atoms with E-state index in [1.54, 1.807) is 18.2 Å². The summed E-state index contributed by atoms with van der Waals surface area (Å²) in [5, 5.41) is 21.7. The summed E-state index contributed by atoms with van der Waals surface area (Å²) in [6, 6.07) is 6.30. The van der Waals surface area contributed by atoms with Crippen molar-refractivity contribution < 1.29 is 9.34 Å². The van der Waals surface area contributed by atoms with Gasteiger partial charge >= 0.3 is 0 Å². The van der Waals surface area contributed by atoms with Crippen molar-refractivity contribution >= 4 is 5.69 Å². The first kappa shape index (κ1) is 13.2. The lowest BCUT2D eigenvalue weighted by molar-refractivity contribution is -0.384. The van der Waals surface area contributed by atoms with E-state index in [0.717, 1.165) is 13.0 Å². The maximum atomic E-state index is 10.9. The molecule has 0 fully saturated rings. The van der Waals surface area contributed by atoms with Crippen LogP contribution in [-0.2, 0) is 6.54 Å². The number of nitrogens with zero attached hydrogens (tertiary/aromatic N) is 3. The lowest BCUT2D eigenvalue weighted by atomic mass is 10.2. The predicted molar refractivity (Wildman–Crippen MR) is 68.4 cm³/mol. The maximum absolute atomic E-state index is 10.9. The predicted octanol–water partition coefficient (Wildman–Crippen LogP) is 2.14. The van der Waals surface area contributed by atoms with Gasteiger partial charge in [0.1, 0.15) is 5.56 Å². The first-order chi connectivity index (χ1) is 9.22. The largest absolute Gasteiger partial charge is 0.419 e. The molecule has 100 valence electrons. The SMILES string of the molecule is CCCNCc1nnc(-c2ccccc2[N+](=O)[O-])o1. The second-order valence-electron chi connectivity index (χ2n) is 3.95. The number of nitro benzene ring substituents is 1. The molecular formula is C12H14N4O3. The van der Waals surface area contributed by atoms with Gasteiger partial charge in [0.05, 0.1) is 11.5 Å². The summed E-state index contributed by atoms with van der Waals surface area (Å²) in [5.74, 6) is 0.585. The van der Waals surface area contributed by atoms with Crippen molar-refractivity contribution in [2.24, 2.45) is 0 Å². The number of nitrogens with one attached hydrogen (secondary N) is 1. The highest BCUT2D eigenvalue weighted by atomic mass is 16.6. The topological polar surface area (TPSA) is 94.1 Å². The molecule has 0 aliphatic rings. The van der Waals surface area contributed by atoms with Crippen LogP contribution in [-0.4, -0.2) is 21.7 Å². The Labute approximate surface area is 109 Å². The smallest absolute Gasteiger partial charge is 0.282 e. The quantitative estimate of drug-likeness (QED) is 0.487. The van der Waals surface area contributed by atoms with E-state index >= 15 is 0 Å². The van der Waals surface area contributed by atoms with Crippen LogP contribution in [0.1, 0.15) is 19.2 Å². The van der Waals surface area contributed by atoms with Gasteiger partial charge in [0, 0.05) is 6.07 Å². The molecule has 0 saturated carbocycles. The summed E-state index contributed by atoms with van der Waals surface area (Å²) in [4.78, 5) is 10.5. The Morgan fingerprint density at radius 3 is 2.89 bits per heavy atom. The Morgan fingerprint density at radius 2 is 2.16 bits per heavy atom. The van der Waals surface area contributed by atoms with Crippen LogP contribution in [0.25, 0.3) is 11.5 Å². The fourth-order valence-corrected chi connectivity index (χ4v) is 1.62. The zero-order valence-corrected chi connectivity index (χ0v) is 10.5. The van der Waals surface area contributed by atoms with Crippen molar-refractivity contribution in [1.29, 1.82) is 0 Å². The Balaban J connectivity index is 2.21. The molecule has 0 radical (unpaired) electrons. The fraction of sp³-hybridized carbons (Fsp3) is 0.333. The monoisotopic (exact) mass is 262 g/mol. The maximum Gasteiger partial charge on any atom is 0.282 e. The molecule has 7 heteroatoms. The van der Waals surface area contributed by atoms with Crippen LogP contribution < -0.4 is 5.32 Å². The Bertz CT molecular complexity index is 568. The summed E-state index contributed by atoms with van der Waals surface area (Å²) < 4.78 is 5.42. The third-order valence-electron chi connectivity index (χ3n) is 2.50. The average molecular weight is 262 g/mol. The highest BCUT2D eigenvalue weighted by Crippen LogP contribution is 2.28. The van der Waals surface area contributed by atoms with Crippen molar-refractivity contribution in [3.05, 3.63) is 40.3 Å². The van der Waals surface area contributed by atoms with Crippen LogP contribution in [0.2, 0.25) is 0 Å². The van der Waals surface area contributed by atoms with Crippen LogP contribution in [0.4, 0.5) is 5.69 Å². The van der Waals surface area contributed by atoms with Gasteiger partial charge in [-0.2, -0.15) is 0 Å². The minimum Gasteiger partial charge on any atom is -0.419 e. The lowest BCUT2D eigenvalue weighted by Gasteiger charge is -1.98. The first-order valence-corrected chi connectivity index (χ1v) is 5.99. The van der Waals surface area contributed by atoms with E-state index in [4.69, 9.17) is 4.42 Å². The van der Waals surface area contributed by atoms with Gasteiger partial charge in [-0.1, -0.05) is 19.1 Å². The zero-order valence-electron chi connectivity index (χ0n) is 10.5. The summed E-state index contributed by atoms with van der Waals surface area (Å²) in [5.41, 5.74) is 0.293. The number of rotatable bonds is 6. The van der Waals surface area contributed by atoms with Crippen molar-refractivity contribution in [2.45, 2.75) is 19.9 Å². The van der Waals surface area contributed by atoms with Crippen LogP contribution in [0.5, 0.6) is 0 Å². The minimum absolute atomic E-state index is 0.0424. The molecule has 0 amide bonds. The summed E-state index contributed by atoms with van der Waals surface area (Å²) in [6.07, 6.45) is 1.01. The van der Waals surface area contributed by atoms with E-state index in [1.165, 1.54) is 6.07 Å². The lowest BCUT2D eigenvalue weighted by Crippen LogP contribution is -2.13. The molecule has 0 saturated heterocycles. The third kappa shape index (κ3) is 3.14. The average Bonchev–Trinajstić information content (AvgIpc) is 2.88. The first-order valence-electron chi connectivity index (χ1n) is 5.99. The Kier molecular flexibility index (Phi) is 4.19. The molecule has 2 rings (SSSR count). The van der Waals surface area contributed by atoms with Crippen molar-refractivity contribution in [1.82, 2.24) is 15.5 Å². The normalized spacial score (nSPS) is 10.6. The number of hydrogen-bond acceptors (Lipinski definition) is 6. The number of aromatic nitrogens is 2. The van der Waals surface area contributed by atoms with Crippen LogP contribution in [0.3, 0.4) is 0 Å². The molecule has 0 bridgehead atoms. The Morgan fingerprint density at radius 1 is 1.37 bits per heavy atom. The van der Waals surface area contributed by atoms with Crippen molar-refractivity contribution in [3.63, 3.8) is 0 Å². The van der Waals surface area contributed by atoms with Crippen LogP contribution >= 0.6 is 0 Å². The summed E-state index contributed by atoms with van der Waals surface area (Å²) in [6.45, 7) is 3.37. The number of hydrogen-bond donors (Lipinski definition) is 1. The minimum atomic E-state index is -0.464. The molecule has 0 spiro atoms. The van der Waals surface area contributed by atoms with Crippen molar-refractivity contribution in [2.75, 3.05) is 6.54 Å². The summed E-state index contributed by atoms with van der Waals surface area (Å²) >= 11 is 0. The van der Waals surface area contributed by atoms with Gasteiger partial charge in [-0.25, -0.2) is 0 Å². The number of nitro groups is 1. The molecule has 1 heterocycles. The highest BCUT2D eigenvalue weighted by molar-refractivity contribution is 5.66. The molecule has 2 aromatic rings. The van der Waals surface area contributed by atoms with Gasteiger partial charge in [-0.3, -0.25) is 10.1 Å². The fourth-order valence-electron chi connectivity index (χ4n) is 1.62. The molecule has 19 heavy (non-hydrogen) atoms. The standard InChI is InChI=1S/C12H14N4O3/c1-2-7-13-8-11-14-15-12(19-11)9-5-3-4-6-10(9)16(17)18/h3-6,13H,2,7-8H2,1H3. The number of benzene rings is 1. The molecule has 7 nitrogen and oxygen atoms in total. The van der Waals surface area contributed by atoms with Gasteiger partial charge in [-0.15, -0.1) is 10.2 Å². The van der Waals surface area contributed by atoms with Crippen LogP contribution in [0.15, 0.2) is 28.7 Å². The van der Waals surface area contributed by atoms with E-state index in [9.17, 15) is 10.1 Å². The van der Waals surface area contributed by atoms with E-state index in [0.29, 0.717) is 18.0 Å². The Hall–Kier alpha value is -2.28. The van der Waals surface area contributed by atoms with Gasteiger partial charge in [0.15, 0.2) is 0 Å². The molecule has 0 aliphatic carbocycles. The van der Waals surface area contributed by atoms with Gasteiger partial charge in [-0.05, 0) is 19.0 Å². The van der Waals surface area contributed by atoms with Gasteiger partial charge in [0.2, 0.25) is 5.89 Å². The van der Waals surface area contributed by atoms with Gasteiger partial charge in [0.25, 0.3) is 11.6 Å². The van der Waals surface area contributed by atoms with E-state index in [-0.39, 0.29) is 11.6 Å². The van der Waals surface area contributed by atoms with E-state index in [2.05, 4.69) is 22.4 Å². The summed E-state index contributed by atoms with van der Waals surface area (Å²) in [7, 11) is 0. The second kappa shape index (κ2) is 6.05. The highest BCUT2D eigenvalue weighted by Gasteiger charge is 2.19. The molecular weight excluding hydrogens is 248 g/mol. The molecule has 1 N–H and O–H groups in total. The zero-order chi connectivity index (χ0) is 13.7. The molecule has 1 aromatic carbocycles. The molecule has 0 atom stereocenters.